The average Bonchev–Trinajstić information content (AvgIpc) is 2.34. The minimum absolute atomic E-state index is 0.153. The molecule has 0 bridgehead atoms. The monoisotopic (exact) mass is 283 g/mol. The van der Waals surface area contributed by atoms with Crippen molar-refractivity contribution >= 4 is 10.9 Å². The third-order valence-corrected chi connectivity index (χ3v) is 4.64. The van der Waals surface area contributed by atoms with E-state index in [0.29, 0.717) is 0 Å². The Bertz CT molecular complexity index is 656. The average molecular weight is 283 g/mol. The van der Waals surface area contributed by atoms with Gasteiger partial charge in [0.1, 0.15) is 0 Å². The molecule has 3 rings (SSSR count). The summed E-state index contributed by atoms with van der Waals surface area (Å²) in [4.78, 5) is 4.37. The molecule has 0 unspecified atom stereocenters. The Morgan fingerprint density at radius 1 is 0.952 bits per heavy atom. The van der Waals surface area contributed by atoms with Crippen LogP contribution >= 0.6 is 0 Å². The Hall–Kier alpha value is -1.41. The molecule has 0 atom stereocenters. The molecule has 1 saturated carbocycles. The quantitative estimate of drug-likeness (QED) is 0.825. The molecule has 1 aliphatic rings. The molecule has 1 N–H and O–H groups in total. The van der Waals surface area contributed by atoms with Crippen molar-refractivity contribution in [2.24, 2.45) is 10.8 Å². The first kappa shape index (κ1) is 14.5. The zero-order valence-corrected chi connectivity index (χ0v) is 13.5. The van der Waals surface area contributed by atoms with Gasteiger partial charge >= 0.3 is 0 Å². The van der Waals surface area contributed by atoms with Crippen LogP contribution in [0.15, 0.2) is 36.5 Å². The minimum atomic E-state index is -0.741. The van der Waals surface area contributed by atoms with Gasteiger partial charge in [0.25, 0.3) is 0 Å². The van der Waals surface area contributed by atoms with Crippen molar-refractivity contribution in [1.82, 2.24) is 4.98 Å². The molecule has 2 aromatic rings. The number of fused-ring (bicyclic) bond motifs is 1. The van der Waals surface area contributed by atoms with Crippen molar-refractivity contribution in [3.8, 4) is 0 Å². The van der Waals surface area contributed by atoms with Crippen LogP contribution in [0.5, 0.6) is 0 Å². The lowest BCUT2D eigenvalue weighted by Gasteiger charge is -2.49. The van der Waals surface area contributed by atoms with Gasteiger partial charge in [-0.05, 0) is 53.9 Å². The van der Waals surface area contributed by atoms with Gasteiger partial charge in [0.05, 0.1) is 11.1 Å². The zero-order chi connectivity index (χ0) is 15.3. The van der Waals surface area contributed by atoms with Crippen molar-refractivity contribution in [3.05, 3.63) is 42.1 Å². The van der Waals surface area contributed by atoms with E-state index in [4.69, 9.17) is 0 Å². The van der Waals surface area contributed by atoms with E-state index in [-0.39, 0.29) is 10.8 Å². The van der Waals surface area contributed by atoms with Gasteiger partial charge in [0.2, 0.25) is 0 Å². The molecule has 1 fully saturated rings. The molecule has 0 spiro atoms. The van der Waals surface area contributed by atoms with Crippen molar-refractivity contribution < 1.29 is 5.11 Å². The summed E-state index contributed by atoms with van der Waals surface area (Å²) in [6, 6.07) is 10.2. The molecule has 2 heteroatoms. The summed E-state index contributed by atoms with van der Waals surface area (Å²) in [7, 11) is 0. The Balaban J connectivity index is 2.07. The predicted octanol–water partition coefficient (Wildman–Crippen LogP) is 4.66. The van der Waals surface area contributed by atoms with Crippen molar-refractivity contribution in [2.45, 2.75) is 52.6 Å². The second kappa shape index (κ2) is 4.54. The van der Waals surface area contributed by atoms with Crippen LogP contribution in [0, 0.1) is 10.8 Å². The third kappa shape index (κ3) is 2.82. The third-order valence-electron chi connectivity index (χ3n) is 4.64. The van der Waals surface area contributed by atoms with E-state index in [2.05, 4.69) is 44.8 Å². The van der Waals surface area contributed by atoms with Crippen LogP contribution in [-0.4, -0.2) is 10.1 Å². The van der Waals surface area contributed by atoms with Gasteiger partial charge in [-0.1, -0.05) is 39.8 Å². The standard InChI is InChI=1S/C19H25NO/c1-17(2)11-18(3,4)13-19(21,12-17)15-7-8-16-14(10-15)6-5-9-20-16/h5-10,21H,11-13H2,1-4H3. The Morgan fingerprint density at radius 3 is 2.29 bits per heavy atom. The molecule has 112 valence electrons. The van der Waals surface area contributed by atoms with Gasteiger partial charge < -0.3 is 5.11 Å². The number of aliphatic hydroxyl groups is 1. The van der Waals surface area contributed by atoms with Crippen LogP contribution in [0.1, 0.15) is 52.5 Å². The van der Waals surface area contributed by atoms with Crippen molar-refractivity contribution in [1.29, 1.82) is 0 Å². The van der Waals surface area contributed by atoms with E-state index < -0.39 is 5.60 Å². The topological polar surface area (TPSA) is 33.1 Å². The summed E-state index contributed by atoms with van der Waals surface area (Å²) >= 11 is 0. The van der Waals surface area contributed by atoms with Gasteiger partial charge in [-0.15, -0.1) is 0 Å². The highest BCUT2D eigenvalue weighted by molar-refractivity contribution is 5.79. The lowest BCUT2D eigenvalue weighted by Crippen LogP contribution is -2.44. The highest BCUT2D eigenvalue weighted by Gasteiger charge is 2.47. The molecule has 0 radical (unpaired) electrons. The van der Waals surface area contributed by atoms with E-state index in [1.54, 1.807) is 0 Å². The molecule has 1 heterocycles. The SMILES string of the molecule is CC1(C)CC(C)(C)CC(O)(c2ccc3ncccc3c2)C1. The fourth-order valence-corrected chi connectivity index (χ4v) is 4.64. The van der Waals surface area contributed by atoms with Crippen molar-refractivity contribution in [3.63, 3.8) is 0 Å². The summed E-state index contributed by atoms with van der Waals surface area (Å²) < 4.78 is 0. The van der Waals surface area contributed by atoms with E-state index in [1.807, 2.05) is 24.4 Å². The fraction of sp³-hybridized carbons (Fsp3) is 0.526. The van der Waals surface area contributed by atoms with Crippen LogP contribution in [0.25, 0.3) is 10.9 Å². The maximum atomic E-state index is 11.4. The number of nitrogens with zero attached hydrogens (tertiary/aromatic N) is 1. The van der Waals surface area contributed by atoms with Crippen LogP contribution < -0.4 is 0 Å². The Kier molecular flexibility index (Phi) is 3.14. The summed E-state index contributed by atoms with van der Waals surface area (Å²) in [6.07, 6.45) is 4.59. The first-order chi connectivity index (χ1) is 9.69. The lowest BCUT2D eigenvalue weighted by molar-refractivity contribution is -0.0912. The molecule has 1 aromatic carbocycles. The highest BCUT2D eigenvalue weighted by Crippen LogP contribution is 2.53. The van der Waals surface area contributed by atoms with Gasteiger partial charge in [-0.2, -0.15) is 0 Å². The molecule has 0 saturated heterocycles. The maximum Gasteiger partial charge on any atom is 0.0907 e. The predicted molar refractivity (Wildman–Crippen MR) is 87.1 cm³/mol. The number of aromatic nitrogens is 1. The Morgan fingerprint density at radius 2 is 1.62 bits per heavy atom. The highest BCUT2D eigenvalue weighted by atomic mass is 16.3. The van der Waals surface area contributed by atoms with E-state index >= 15 is 0 Å². The lowest BCUT2D eigenvalue weighted by atomic mass is 9.58. The normalized spacial score (nSPS) is 23.1. The summed E-state index contributed by atoms with van der Waals surface area (Å²) in [6.45, 7) is 9.06. The van der Waals surface area contributed by atoms with Crippen LogP contribution in [0.3, 0.4) is 0 Å². The molecule has 1 aromatic heterocycles. The molecule has 0 amide bonds. The van der Waals surface area contributed by atoms with E-state index in [9.17, 15) is 5.11 Å². The van der Waals surface area contributed by atoms with Gasteiger partial charge in [-0.25, -0.2) is 0 Å². The van der Waals surface area contributed by atoms with Gasteiger partial charge in [0.15, 0.2) is 0 Å². The zero-order valence-electron chi connectivity index (χ0n) is 13.5. The van der Waals surface area contributed by atoms with Crippen molar-refractivity contribution in [2.75, 3.05) is 0 Å². The summed E-state index contributed by atoms with van der Waals surface area (Å²) in [5.41, 5.74) is 1.58. The molecular formula is C19H25NO. The smallest absolute Gasteiger partial charge is 0.0907 e. The van der Waals surface area contributed by atoms with Crippen LogP contribution in [0.4, 0.5) is 0 Å². The minimum Gasteiger partial charge on any atom is -0.385 e. The fourth-order valence-electron chi connectivity index (χ4n) is 4.64. The number of rotatable bonds is 1. The largest absolute Gasteiger partial charge is 0.385 e. The first-order valence-electron chi connectivity index (χ1n) is 7.77. The molecule has 2 nitrogen and oxygen atoms in total. The van der Waals surface area contributed by atoms with Crippen LogP contribution in [-0.2, 0) is 5.60 Å². The molecule has 1 aliphatic carbocycles. The molecular weight excluding hydrogens is 258 g/mol. The number of pyridine rings is 1. The number of benzene rings is 1. The second-order valence-electron chi connectivity index (χ2n) is 8.30. The first-order valence-corrected chi connectivity index (χ1v) is 7.77. The second-order valence-corrected chi connectivity index (χ2v) is 8.30. The van der Waals surface area contributed by atoms with E-state index in [1.165, 1.54) is 0 Å². The maximum absolute atomic E-state index is 11.4. The number of hydrogen-bond acceptors (Lipinski definition) is 2. The van der Waals surface area contributed by atoms with E-state index in [0.717, 1.165) is 35.7 Å². The molecule has 21 heavy (non-hydrogen) atoms. The van der Waals surface area contributed by atoms with Gasteiger partial charge in [-0.3, -0.25) is 4.98 Å². The summed E-state index contributed by atoms with van der Waals surface area (Å²) in [5.74, 6) is 0. The van der Waals surface area contributed by atoms with Crippen LogP contribution in [0.2, 0.25) is 0 Å². The number of hydrogen-bond donors (Lipinski definition) is 1. The summed E-state index contributed by atoms with van der Waals surface area (Å²) in [5, 5.41) is 12.5. The van der Waals surface area contributed by atoms with Gasteiger partial charge in [0, 0.05) is 11.6 Å². The molecule has 0 aliphatic heterocycles. The Labute approximate surface area is 127 Å².